The van der Waals surface area contributed by atoms with Crippen LogP contribution in [0.1, 0.15) is 225 Å². The molecule has 0 heterocycles. The summed E-state index contributed by atoms with van der Waals surface area (Å²) in [7, 11) is 0. The minimum absolute atomic E-state index is 0.163. The van der Waals surface area contributed by atoms with E-state index in [2.05, 4.69) is 13.8 Å². The van der Waals surface area contributed by atoms with Gasteiger partial charge in [0.25, 0.3) is 0 Å². The molecule has 94 heavy (non-hydrogen) atoms. The molecule has 0 saturated heterocycles. The molecule has 5 aromatic rings. The standard InChI is InChI=1S/C43H76F5N.C24BF20/c1-3-5-7-9-11-13-15-17-19-21-23-25-27-29-31-33-35-49(37-38-39(44)41(46)43(48)42(47)40(38)45)36-34-32-30-28-26-24-22-20-18-16-14-12-10-8-6-4-2;26-5-1(6(27)14(35)21(42)13(5)34)25(2-7(28)15(36)22(43)16(37)8(2)29,3-9(30)17(38)23(44)18(39)10(3)31)4-11(32)19(40)24(45)20(41)12(4)33/h3-37H2,1-2H3;/q;-1/p+1. The van der Waals surface area contributed by atoms with Gasteiger partial charge in [0.1, 0.15) is 59.2 Å². The number of hydrogen-bond acceptors (Lipinski definition) is 0. The van der Waals surface area contributed by atoms with E-state index in [1.165, 1.54) is 167 Å². The zero-order chi connectivity index (χ0) is 70.1. The number of hydrogen-bond donors (Lipinski definition) is 1. The van der Waals surface area contributed by atoms with Gasteiger partial charge in [0, 0.05) is 0 Å². The van der Waals surface area contributed by atoms with Gasteiger partial charge < -0.3 is 4.90 Å². The van der Waals surface area contributed by atoms with Crippen LogP contribution in [0, 0.1) is 145 Å². The van der Waals surface area contributed by atoms with Crippen LogP contribution in [0.15, 0.2) is 0 Å². The lowest BCUT2D eigenvalue weighted by atomic mass is 9.12. The summed E-state index contributed by atoms with van der Waals surface area (Å²) in [5.74, 6) is -80.5. The number of quaternary nitrogens is 1. The van der Waals surface area contributed by atoms with Crippen molar-refractivity contribution in [1.29, 1.82) is 0 Å². The van der Waals surface area contributed by atoms with Gasteiger partial charge in [0.15, 0.2) is 93.1 Å². The maximum absolute atomic E-state index is 15.4. The smallest absolute Gasteiger partial charge is 0.200 e. The largest absolute Gasteiger partial charge is 0.331 e. The zero-order valence-electron chi connectivity index (χ0n) is 52.3. The Morgan fingerprint density at radius 1 is 0.181 bits per heavy atom. The SMILES string of the molecule is CCCCCCCCCCCCCCCCCC[NH+](CCCCCCCCCCCCCCCCCC)Cc1c(F)c(F)c(F)c(F)c1F.Fc1c(F)c(F)c([B-](c2c(F)c(F)c(F)c(F)c2F)(c2c(F)c(F)c(F)c(F)c2F)c2c(F)c(F)c(F)c(F)c2F)c(F)c1F. The Hall–Kier alpha value is -5.63. The van der Waals surface area contributed by atoms with E-state index in [4.69, 9.17) is 0 Å². The van der Waals surface area contributed by atoms with Gasteiger partial charge in [-0.25, -0.2) is 110 Å². The second-order valence-corrected chi connectivity index (χ2v) is 23.9. The molecular weight excluding hydrogens is 1300 g/mol. The van der Waals surface area contributed by atoms with Crippen LogP contribution in [0.2, 0.25) is 0 Å². The first-order valence-corrected chi connectivity index (χ1v) is 32.2. The number of nitrogens with one attached hydrogen (secondary N) is 1. The average molecular weight is 1380 g/mol. The van der Waals surface area contributed by atoms with Crippen LogP contribution < -0.4 is 26.8 Å². The molecule has 1 N–H and O–H groups in total. The number of unbranched alkanes of at least 4 members (excludes halogenated alkanes) is 30. The fourth-order valence-corrected chi connectivity index (χ4v) is 12.1. The fraction of sp³-hybridized carbons (Fsp3) is 0.552. The Morgan fingerprint density at radius 3 is 0.489 bits per heavy atom. The lowest BCUT2D eigenvalue weighted by Crippen LogP contribution is -3.10. The van der Waals surface area contributed by atoms with Gasteiger partial charge in [-0.15, -0.1) is 21.9 Å². The zero-order valence-corrected chi connectivity index (χ0v) is 52.3. The minimum atomic E-state index is -7.22. The fourth-order valence-electron chi connectivity index (χ4n) is 12.1. The van der Waals surface area contributed by atoms with Crippen LogP contribution in [0.3, 0.4) is 0 Å². The van der Waals surface area contributed by atoms with Gasteiger partial charge in [-0.2, -0.15) is 0 Å². The van der Waals surface area contributed by atoms with E-state index < -0.39 is 179 Å². The highest BCUT2D eigenvalue weighted by Gasteiger charge is 2.52. The van der Waals surface area contributed by atoms with E-state index in [1.807, 2.05) is 0 Å². The summed E-state index contributed by atoms with van der Waals surface area (Å²) in [4.78, 5) is 0.916. The normalized spacial score (nSPS) is 11.9. The van der Waals surface area contributed by atoms with Crippen molar-refractivity contribution in [3.05, 3.63) is 151 Å². The van der Waals surface area contributed by atoms with Gasteiger partial charge in [-0.1, -0.05) is 194 Å². The number of rotatable bonds is 40. The summed E-state index contributed by atoms with van der Waals surface area (Å²) in [6.07, 6.45) is 33.6. The molecule has 0 spiro atoms. The Kier molecular flexibility index (Phi) is 34.0. The molecule has 5 rings (SSSR count). The van der Waals surface area contributed by atoms with Crippen molar-refractivity contribution in [1.82, 2.24) is 0 Å². The van der Waals surface area contributed by atoms with E-state index in [0.717, 1.165) is 43.4 Å². The quantitative estimate of drug-likeness (QED) is 0.0131. The summed E-state index contributed by atoms with van der Waals surface area (Å²) in [5.41, 5.74) is -15.0. The van der Waals surface area contributed by atoms with Gasteiger partial charge in [0.05, 0.1) is 18.7 Å². The van der Waals surface area contributed by atoms with E-state index in [9.17, 15) is 74.6 Å². The molecule has 0 aliphatic rings. The molecule has 0 fully saturated rings. The molecule has 528 valence electrons. The highest BCUT2D eigenvalue weighted by Crippen LogP contribution is 2.32. The first-order valence-electron chi connectivity index (χ1n) is 32.2. The molecular formula is C67H77BF25N. The second-order valence-electron chi connectivity index (χ2n) is 23.9. The van der Waals surface area contributed by atoms with Gasteiger partial charge in [0.2, 0.25) is 5.82 Å². The van der Waals surface area contributed by atoms with E-state index in [0.29, 0.717) is 13.1 Å². The molecule has 27 heteroatoms. The highest BCUT2D eigenvalue weighted by molar-refractivity contribution is 7.20. The van der Waals surface area contributed by atoms with Crippen molar-refractivity contribution in [2.24, 2.45) is 0 Å². The number of benzene rings is 5. The maximum Gasteiger partial charge on any atom is 0.200 e. The van der Waals surface area contributed by atoms with Gasteiger partial charge >= 0.3 is 0 Å². The third-order valence-corrected chi connectivity index (χ3v) is 17.2. The highest BCUT2D eigenvalue weighted by atomic mass is 19.2. The van der Waals surface area contributed by atoms with Crippen molar-refractivity contribution in [3.8, 4) is 0 Å². The predicted molar refractivity (Wildman–Crippen MR) is 309 cm³/mol. The van der Waals surface area contributed by atoms with Gasteiger partial charge in [-0.3, -0.25) is 0 Å². The second kappa shape index (κ2) is 39.6. The third kappa shape index (κ3) is 19.8. The Bertz CT molecular complexity index is 2800. The Balaban J connectivity index is 0.000000401. The summed E-state index contributed by atoms with van der Waals surface area (Å²) < 4.78 is 364. The van der Waals surface area contributed by atoms with E-state index in [1.54, 1.807) is 0 Å². The Morgan fingerprint density at radius 2 is 0.319 bits per heavy atom. The van der Waals surface area contributed by atoms with Crippen molar-refractivity contribution >= 4 is 28.0 Å². The lowest BCUT2D eigenvalue weighted by molar-refractivity contribution is -0.914. The predicted octanol–water partition coefficient (Wildman–Crippen LogP) is 20.1. The van der Waals surface area contributed by atoms with Gasteiger partial charge in [-0.05, 0) is 25.7 Å². The first-order chi connectivity index (χ1) is 44.6. The van der Waals surface area contributed by atoms with Crippen LogP contribution in [-0.4, -0.2) is 19.2 Å². The molecule has 5 aromatic carbocycles. The molecule has 0 unspecified atom stereocenters. The first kappa shape index (κ1) is 80.8. The minimum Gasteiger partial charge on any atom is -0.331 e. The average Bonchev–Trinajstić information content (AvgIpc) is 0.683. The van der Waals surface area contributed by atoms with Crippen molar-refractivity contribution in [2.75, 3.05) is 13.1 Å². The molecule has 0 aliphatic carbocycles. The molecule has 0 aromatic heterocycles. The molecule has 0 aliphatic heterocycles. The molecule has 0 saturated carbocycles. The van der Waals surface area contributed by atoms with Crippen LogP contribution >= 0.6 is 0 Å². The molecule has 0 atom stereocenters. The van der Waals surface area contributed by atoms with Crippen LogP contribution in [0.4, 0.5) is 110 Å². The summed E-state index contributed by atoms with van der Waals surface area (Å²) in [6, 6.07) is 0. The van der Waals surface area contributed by atoms with Crippen molar-refractivity contribution in [3.63, 3.8) is 0 Å². The number of halogens is 25. The molecule has 0 amide bonds. The van der Waals surface area contributed by atoms with Crippen LogP contribution in [-0.2, 0) is 6.54 Å². The van der Waals surface area contributed by atoms with Crippen molar-refractivity contribution < 1.29 is 115 Å². The van der Waals surface area contributed by atoms with E-state index >= 15 is 35.1 Å². The van der Waals surface area contributed by atoms with Crippen LogP contribution in [0.25, 0.3) is 0 Å². The van der Waals surface area contributed by atoms with E-state index in [-0.39, 0.29) is 6.54 Å². The Labute approximate surface area is 531 Å². The summed E-state index contributed by atoms with van der Waals surface area (Å²) in [5, 5.41) is 0. The monoisotopic (exact) mass is 1380 g/mol. The van der Waals surface area contributed by atoms with Crippen LogP contribution in [0.5, 0.6) is 0 Å². The molecule has 1 nitrogen and oxygen atoms in total. The maximum atomic E-state index is 15.4. The topological polar surface area (TPSA) is 4.44 Å². The molecule has 0 radical (unpaired) electrons. The third-order valence-electron chi connectivity index (χ3n) is 17.2. The summed E-state index contributed by atoms with van der Waals surface area (Å²) in [6.45, 7) is 5.74. The lowest BCUT2D eigenvalue weighted by Gasteiger charge is -2.44. The molecule has 0 bridgehead atoms. The summed E-state index contributed by atoms with van der Waals surface area (Å²) >= 11 is 0. The van der Waals surface area contributed by atoms with Crippen molar-refractivity contribution in [2.45, 2.75) is 226 Å².